The summed E-state index contributed by atoms with van der Waals surface area (Å²) in [4.78, 5) is 48.6. The average molecular weight is 624 g/mol. The molecular formula is C30H34FN7O7. The van der Waals surface area contributed by atoms with Crippen LogP contribution in [0.25, 0.3) is 11.1 Å². The van der Waals surface area contributed by atoms with E-state index in [0.29, 0.717) is 54.2 Å². The highest BCUT2D eigenvalue weighted by Gasteiger charge is 2.33. The number of benzene rings is 1. The molecule has 3 aromatic rings. The van der Waals surface area contributed by atoms with Gasteiger partial charge in [-0.15, -0.1) is 5.10 Å². The molecule has 1 fully saturated rings. The van der Waals surface area contributed by atoms with E-state index in [1.807, 2.05) is 0 Å². The second-order valence-corrected chi connectivity index (χ2v) is 10.7. The number of oxime groups is 1. The molecule has 4 heterocycles. The summed E-state index contributed by atoms with van der Waals surface area (Å²) in [5.41, 5.74) is 2.44. The number of anilines is 1. The quantitative estimate of drug-likeness (QED) is 0.156. The van der Waals surface area contributed by atoms with Gasteiger partial charge in [-0.25, -0.2) is 18.7 Å². The highest BCUT2D eigenvalue weighted by Crippen LogP contribution is 2.29. The molecule has 1 saturated heterocycles. The van der Waals surface area contributed by atoms with Crippen LogP contribution in [0.4, 0.5) is 19.7 Å². The van der Waals surface area contributed by atoms with Gasteiger partial charge in [-0.05, 0) is 37.1 Å². The number of carbonyl (C=O) groups excluding carboxylic acids is 3. The molecule has 0 radical (unpaired) electrons. The van der Waals surface area contributed by atoms with Gasteiger partial charge in [0, 0.05) is 50.0 Å². The highest BCUT2D eigenvalue weighted by molar-refractivity contribution is 5.99. The second-order valence-electron chi connectivity index (χ2n) is 10.7. The smallest absolute Gasteiger partial charge is 0.414 e. The number of unbranched alkanes of at least 4 members (excludes halogenated alkanes) is 2. The molecule has 14 nitrogen and oxygen atoms in total. The van der Waals surface area contributed by atoms with Crippen molar-refractivity contribution in [2.75, 3.05) is 38.8 Å². The van der Waals surface area contributed by atoms with E-state index in [4.69, 9.17) is 14.3 Å². The fourth-order valence-corrected chi connectivity index (χ4v) is 4.97. The molecule has 0 unspecified atom stereocenters. The Kier molecular flexibility index (Phi) is 10.2. The topological polar surface area (TPSA) is 151 Å². The molecule has 2 aromatic heterocycles. The molecule has 0 N–H and O–H groups in total. The molecule has 2 atom stereocenters. The van der Waals surface area contributed by atoms with Crippen molar-refractivity contribution in [1.82, 2.24) is 24.9 Å². The minimum absolute atomic E-state index is 0.0678. The number of halogens is 1. The van der Waals surface area contributed by atoms with E-state index in [0.717, 1.165) is 12.8 Å². The molecule has 1 aromatic carbocycles. The second kappa shape index (κ2) is 14.6. The molecule has 2 aliphatic heterocycles. The van der Waals surface area contributed by atoms with Crippen LogP contribution in [0.1, 0.15) is 37.8 Å². The van der Waals surface area contributed by atoms with Gasteiger partial charge in [0.15, 0.2) is 6.10 Å². The minimum Gasteiger partial charge on any atom is -0.462 e. The van der Waals surface area contributed by atoms with E-state index in [9.17, 15) is 14.4 Å². The number of pyridine rings is 1. The van der Waals surface area contributed by atoms with Crippen LogP contribution >= 0.6 is 0 Å². The predicted octanol–water partition coefficient (Wildman–Crippen LogP) is 3.80. The summed E-state index contributed by atoms with van der Waals surface area (Å²) < 4.78 is 32.1. The molecule has 2 aliphatic rings. The molecule has 45 heavy (non-hydrogen) atoms. The summed E-state index contributed by atoms with van der Waals surface area (Å²) in [5.74, 6) is -0.830. The Hall–Kier alpha value is -5.08. The number of methoxy groups -OCH3 is 1. The van der Waals surface area contributed by atoms with Crippen LogP contribution in [0.15, 0.2) is 54.1 Å². The lowest BCUT2D eigenvalue weighted by Gasteiger charge is -2.14. The van der Waals surface area contributed by atoms with Crippen molar-refractivity contribution in [3.05, 3.63) is 60.4 Å². The molecule has 238 valence electrons. The summed E-state index contributed by atoms with van der Waals surface area (Å²) in [5, 5.41) is 11.7. The van der Waals surface area contributed by atoms with E-state index in [2.05, 4.69) is 25.2 Å². The zero-order chi connectivity index (χ0) is 31.8. The van der Waals surface area contributed by atoms with Gasteiger partial charge >= 0.3 is 18.2 Å². The first kappa shape index (κ1) is 31.3. The van der Waals surface area contributed by atoms with Crippen molar-refractivity contribution in [1.29, 1.82) is 0 Å². The van der Waals surface area contributed by atoms with Crippen LogP contribution in [0.3, 0.4) is 0 Å². The molecule has 0 bridgehead atoms. The Morgan fingerprint density at radius 3 is 2.76 bits per heavy atom. The largest absolute Gasteiger partial charge is 0.462 e. The third kappa shape index (κ3) is 8.10. The zero-order valence-corrected chi connectivity index (χ0v) is 25.0. The Bertz CT molecular complexity index is 1520. The first-order valence-corrected chi connectivity index (χ1v) is 14.6. The molecular weight excluding hydrogens is 589 g/mol. The summed E-state index contributed by atoms with van der Waals surface area (Å²) in [7, 11) is 3.00. The van der Waals surface area contributed by atoms with E-state index < -0.39 is 24.1 Å². The van der Waals surface area contributed by atoms with Crippen LogP contribution in [0.5, 0.6) is 0 Å². The number of amides is 2. The van der Waals surface area contributed by atoms with Crippen molar-refractivity contribution < 1.29 is 37.8 Å². The third-order valence-electron chi connectivity index (χ3n) is 7.40. The van der Waals surface area contributed by atoms with Gasteiger partial charge < -0.3 is 23.9 Å². The van der Waals surface area contributed by atoms with Gasteiger partial charge in [0.2, 0.25) is 0 Å². The van der Waals surface area contributed by atoms with E-state index >= 15 is 4.39 Å². The molecule has 0 aliphatic carbocycles. The Morgan fingerprint density at radius 2 is 2.02 bits per heavy atom. The van der Waals surface area contributed by atoms with Crippen molar-refractivity contribution in [3.63, 3.8) is 0 Å². The standard InChI is InChI=1S/C30H34FN7O7/c1-36(29(40)42-2)12-5-3-4-6-28(39)43-19-22-15-27(34-45-22)26-10-7-20(16-32-26)24-9-8-21(14-25(24)31)38-18-23(44-30(38)41)17-37-13-11-33-35-37/h7-11,13-14,16,22-23H,3-6,12,15,17-19H2,1-2H3/t22-,23-/m0/s1. The third-order valence-corrected chi connectivity index (χ3v) is 7.40. The van der Waals surface area contributed by atoms with Crippen LogP contribution < -0.4 is 4.90 Å². The van der Waals surface area contributed by atoms with E-state index in [1.54, 1.807) is 54.6 Å². The molecule has 15 heteroatoms. The number of hydrogen-bond donors (Lipinski definition) is 0. The van der Waals surface area contributed by atoms with Crippen LogP contribution in [0, 0.1) is 5.82 Å². The molecule has 2 amide bonds. The number of aromatic nitrogens is 4. The SMILES string of the molecule is COC(=O)N(C)CCCCCC(=O)OC[C@@H]1CC(c2ccc(-c3ccc(N4C[C@H](Cn5ccnn5)OC4=O)cc3F)cn2)=NO1. The lowest BCUT2D eigenvalue weighted by Crippen LogP contribution is -2.27. The molecule has 5 rings (SSSR count). The lowest BCUT2D eigenvalue weighted by atomic mass is 10.0. The summed E-state index contributed by atoms with van der Waals surface area (Å²) in [6, 6.07) is 8.02. The maximum atomic E-state index is 15.2. The summed E-state index contributed by atoms with van der Waals surface area (Å²) >= 11 is 0. The van der Waals surface area contributed by atoms with Gasteiger partial charge in [-0.3, -0.25) is 14.7 Å². The molecule has 0 spiro atoms. The van der Waals surface area contributed by atoms with Crippen LogP contribution in [0.2, 0.25) is 0 Å². The maximum absolute atomic E-state index is 15.2. The summed E-state index contributed by atoms with van der Waals surface area (Å²) in [6.07, 6.45) is 5.83. The predicted molar refractivity (Wildman–Crippen MR) is 158 cm³/mol. The Balaban J connectivity index is 1.06. The number of ether oxygens (including phenoxy) is 3. The van der Waals surface area contributed by atoms with Gasteiger partial charge in [0.25, 0.3) is 0 Å². The first-order chi connectivity index (χ1) is 21.8. The number of rotatable bonds is 13. The lowest BCUT2D eigenvalue weighted by molar-refractivity contribution is -0.147. The number of nitrogens with zero attached hydrogens (tertiary/aromatic N) is 7. The number of carbonyl (C=O) groups is 3. The number of cyclic esters (lactones) is 1. The zero-order valence-electron chi connectivity index (χ0n) is 25.0. The number of esters is 1. The summed E-state index contributed by atoms with van der Waals surface area (Å²) in [6.45, 7) is 1.23. The van der Waals surface area contributed by atoms with Crippen molar-refractivity contribution in [2.45, 2.75) is 50.9 Å². The van der Waals surface area contributed by atoms with Crippen molar-refractivity contribution >= 4 is 29.6 Å². The minimum atomic E-state index is -0.553. The average Bonchev–Trinajstić information content (AvgIpc) is 3.81. The van der Waals surface area contributed by atoms with Crippen LogP contribution in [-0.2, 0) is 30.4 Å². The fourth-order valence-electron chi connectivity index (χ4n) is 4.97. The Labute approximate surface area is 258 Å². The van der Waals surface area contributed by atoms with Crippen molar-refractivity contribution in [3.8, 4) is 11.1 Å². The van der Waals surface area contributed by atoms with Gasteiger partial charge in [-0.1, -0.05) is 22.9 Å². The van der Waals surface area contributed by atoms with Gasteiger partial charge in [-0.2, -0.15) is 0 Å². The van der Waals surface area contributed by atoms with Gasteiger partial charge in [0.05, 0.1) is 37.8 Å². The molecule has 0 saturated carbocycles. The fraction of sp³-hybridized carbons (Fsp3) is 0.433. The normalized spacial score (nSPS) is 17.4. The Morgan fingerprint density at radius 1 is 1.16 bits per heavy atom. The van der Waals surface area contributed by atoms with Crippen molar-refractivity contribution in [2.24, 2.45) is 5.16 Å². The van der Waals surface area contributed by atoms with Crippen LogP contribution in [-0.4, -0.2) is 94.8 Å². The van der Waals surface area contributed by atoms with E-state index in [1.165, 1.54) is 23.0 Å². The maximum Gasteiger partial charge on any atom is 0.414 e. The number of hydrogen-bond acceptors (Lipinski definition) is 11. The monoisotopic (exact) mass is 623 g/mol. The van der Waals surface area contributed by atoms with E-state index in [-0.39, 0.29) is 31.6 Å². The first-order valence-electron chi connectivity index (χ1n) is 14.6. The highest BCUT2D eigenvalue weighted by atomic mass is 19.1. The van der Waals surface area contributed by atoms with Gasteiger partial charge in [0.1, 0.15) is 24.2 Å².